The molecule has 0 aliphatic heterocycles. The van der Waals surface area contributed by atoms with Crippen molar-refractivity contribution in [2.45, 2.75) is 31.4 Å². The van der Waals surface area contributed by atoms with Crippen molar-refractivity contribution in [2.75, 3.05) is 6.61 Å². The van der Waals surface area contributed by atoms with Crippen molar-refractivity contribution in [1.29, 1.82) is 0 Å². The fourth-order valence-electron chi connectivity index (χ4n) is 1.33. The van der Waals surface area contributed by atoms with Gasteiger partial charge in [0.15, 0.2) is 0 Å². The summed E-state index contributed by atoms with van der Waals surface area (Å²) in [5, 5.41) is 7.66. The summed E-state index contributed by atoms with van der Waals surface area (Å²) >= 11 is 0. The van der Waals surface area contributed by atoms with Crippen molar-refractivity contribution < 1.29 is 17.9 Å². The molecule has 19 heavy (non-hydrogen) atoms. The van der Waals surface area contributed by atoms with E-state index >= 15 is 0 Å². The van der Waals surface area contributed by atoms with Crippen LogP contribution >= 0.6 is 0 Å². The molecule has 7 heteroatoms. The highest BCUT2D eigenvalue weighted by atomic mass is 32.2. The minimum absolute atomic E-state index is 0.0172. The molecule has 0 fully saturated rings. The lowest BCUT2D eigenvalue weighted by Gasteiger charge is -2.09. The van der Waals surface area contributed by atoms with Crippen molar-refractivity contribution in [3.63, 3.8) is 0 Å². The highest BCUT2D eigenvalue weighted by molar-refractivity contribution is 7.89. The molecule has 6 nitrogen and oxygen atoms in total. The van der Waals surface area contributed by atoms with Crippen LogP contribution in [0.4, 0.5) is 0 Å². The van der Waals surface area contributed by atoms with Gasteiger partial charge in [0, 0.05) is 6.54 Å². The lowest BCUT2D eigenvalue weighted by Crippen LogP contribution is -2.28. The number of amides is 1. The smallest absolute Gasteiger partial charge is 0.246 e. The van der Waals surface area contributed by atoms with E-state index in [4.69, 9.17) is 9.88 Å². The second-order valence-corrected chi connectivity index (χ2v) is 5.89. The van der Waals surface area contributed by atoms with Gasteiger partial charge < -0.3 is 10.1 Å². The van der Waals surface area contributed by atoms with Crippen LogP contribution in [0.25, 0.3) is 0 Å². The summed E-state index contributed by atoms with van der Waals surface area (Å²) in [6.07, 6.45) is -0.0172. The van der Waals surface area contributed by atoms with Crippen molar-refractivity contribution in [2.24, 2.45) is 5.14 Å². The zero-order valence-corrected chi connectivity index (χ0v) is 11.7. The van der Waals surface area contributed by atoms with E-state index in [1.54, 1.807) is 12.1 Å². The summed E-state index contributed by atoms with van der Waals surface area (Å²) < 4.78 is 27.5. The summed E-state index contributed by atoms with van der Waals surface area (Å²) in [7, 11) is -3.72. The van der Waals surface area contributed by atoms with E-state index in [2.05, 4.69) is 5.32 Å². The monoisotopic (exact) mass is 286 g/mol. The number of nitrogens with one attached hydrogen (secondary N) is 1. The molecule has 1 rings (SSSR count). The predicted molar refractivity (Wildman–Crippen MR) is 70.7 cm³/mol. The summed E-state index contributed by atoms with van der Waals surface area (Å²) in [4.78, 5) is 11.4. The van der Waals surface area contributed by atoms with Crippen LogP contribution in [0.2, 0.25) is 0 Å². The van der Waals surface area contributed by atoms with Crippen molar-refractivity contribution in [1.82, 2.24) is 5.32 Å². The first-order chi connectivity index (χ1) is 8.79. The standard InChI is InChI=1S/C12H18N2O4S/c1-9(2)18-8-12(15)14-7-10-4-3-5-11(6-10)19(13,16)17/h3-6,9H,7-8H2,1-2H3,(H,14,15)(H2,13,16,17). The van der Waals surface area contributed by atoms with Gasteiger partial charge in [-0.05, 0) is 31.5 Å². The number of benzene rings is 1. The van der Waals surface area contributed by atoms with E-state index < -0.39 is 10.0 Å². The highest BCUT2D eigenvalue weighted by Crippen LogP contribution is 2.09. The van der Waals surface area contributed by atoms with Crippen LogP contribution in [0.5, 0.6) is 0 Å². The maximum atomic E-state index is 11.4. The van der Waals surface area contributed by atoms with E-state index in [0.717, 1.165) is 0 Å². The molecule has 0 heterocycles. The molecule has 0 unspecified atom stereocenters. The Morgan fingerprint density at radius 2 is 2.11 bits per heavy atom. The lowest BCUT2D eigenvalue weighted by molar-refractivity contribution is -0.127. The number of carbonyl (C=O) groups is 1. The van der Waals surface area contributed by atoms with Crippen LogP contribution < -0.4 is 10.5 Å². The van der Waals surface area contributed by atoms with E-state index in [9.17, 15) is 13.2 Å². The summed E-state index contributed by atoms with van der Waals surface area (Å²) in [5.74, 6) is -0.255. The molecular weight excluding hydrogens is 268 g/mol. The minimum atomic E-state index is -3.72. The quantitative estimate of drug-likeness (QED) is 0.789. The number of sulfonamides is 1. The van der Waals surface area contributed by atoms with Gasteiger partial charge in [-0.15, -0.1) is 0 Å². The van der Waals surface area contributed by atoms with Crippen molar-refractivity contribution >= 4 is 15.9 Å². The molecule has 106 valence electrons. The zero-order chi connectivity index (χ0) is 14.5. The Labute approximate surface area is 113 Å². The molecular formula is C12H18N2O4S. The Kier molecular flexibility index (Phi) is 5.46. The number of ether oxygens (including phenoxy) is 1. The van der Waals surface area contributed by atoms with E-state index in [0.29, 0.717) is 5.56 Å². The van der Waals surface area contributed by atoms with Gasteiger partial charge in [-0.1, -0.05) is 12.1 Å². The Morgan fingerprint density at radius 3 is 2.68 bits per heavy atom. The van der Waals surface area contributed by atoms with Crippen LogP contribution in [0.15, 0.2) is 29.2 Å². The zero-order valence-electron chi connectivity index (χ0n) is 10.9. The fraction of sp³-hybridized carbons (Fsp3) is 0.417. The third-order valence-electron chi connectivity index (χ3n) is 2.26. The van der Waals surface area contributed by atoms with Gasteiger partial charge in [-0.3, -0.25) is 4.79 Å². The first-order valence-corrected chi connectivity index (χ1v) is 7.33. The van der Waals surface area contributed by atoms with Crippen LogP contribution in [0.1, 0.15) is 19.4 Å². The number of hydrogen-bond donors (Lipinski definition) is 2. The van der Waals surface area contributed by atoms with Gasteiger partial charge in [0.05, 0.1) is 11.0 Å². The Bertz CT molecular complexity index is 540. The largest absolute Gasteiger partial charge is 0.369 e. The van der Waals surface area contributed by atoms with E-state index in [-0.39, 0.29) is 30.1 Å². The van der Waals surface area contributed by atoms with Gasteiger partial charge in [-0.2, -0.15) is 0 Å². The third kappa shape index (κ3) is 5.82. The van der Waals surface area contributed by atoms with Crippen LogP contribution in [-0.2, 0) is 26.1 Å². The molecule has 0 radical (unpaired) electrons. The van der Waals surface area contributed by atoms with Crippen LogP contribution in [0, 0.1) is 0 Å². The molecule has 1 aromatic carbocycles. The van der Waals surface area contributed by atoms with Gasteiger partial charge in [0.25, 0.3) is 0 Å². The first kappa shape index (κ1) is 15.6. The third-order valence-corrected chi connectivity index (χ3v) is 3.18. The summed E-state index contributed by atoms with van der Waals surface area (Å²) in [6, 6.07) is 6.12. The van der Waals surface area contributed by atoms with Gasteiger partial charge >= 0.3 is 0 Å². The Balaban J connectivity index is 2.57. The second-order valence-electron chi connectivity index (χ2n) is 4.33. The van der Waals surface area contributed by atoms with Crippen LogP contribution in [-0.4, -0.2) is 27.0 Å². The molecule has 3 N–H and O–H groups in total. The number of carbonyl (C=O) groups excluding carboxylic acids is 1. The predicted octanol–water partition coefficient (Wildman–Crippen LogP) is 0.375. The molecule has 0 bridgehead atoms. The van der Waals surface area contributed by atoms with E-state index in [1.165, 1.54) is 12.1 Å². The molecule has 1 amide bonds. The van der Waals surface area contributed by atoms with Crippen LogP contribution in [0.3, 0.4) is 0 Å². The number of primary sulfonamides is 1. The maximum Gasteiger partial charge on any atom is 0.246 e. The SMILES string of the molecule is CC(C)OCC(=O)NCc1cccc(S(N)(=O)=O)c1. The normalized spacial score (nSPS) is 11.6. The lowest BCUT2D eigenvalue weighted by atomic mass is 10.2. The molecule has 0 spiro atoms. The Morgan fingerprint density at radius 1 is 1.42 bits per heavy atom. The average molecular weight is 286 g/mol. The average Bonchev–Trinajstić information content (AvgIpc) is 2.33. The molecule has 0 aromatic heterocycles. The topological polar surface area (TPSA) is 98.5 Å². The first-order valence-electron chi connectivity index (χ1n) is 5.79. The van der Waals surface area contributed by atoms with Gasteiger partial charge in [0.2, 0.25) is 15.9 Å². The fourth-order valence-corrected chi connectivity index (χ4v) is 1.91. The van der Waals surface area contributed by atoms with Crippen molar-refractivity contribution in [3.8, 4) is 0 Å². The second kappa shape index (κ2) is 6.65. The Hall–Kier alpha value is -1.44. The van der Waals surface area contributed by atoms with Gasteiger partial charge in [-0.25, -0.2) is 13.6 Å². The molecule has 0 saturated heterocycles. The van der Waals surface area contributed by atoms with Crippen molar-refractivity contribution in [3.05, 3.63) is 29.8 Å². The molecule has 0 aliphatic carbocycles. The molecule has 1 aromatic rings. The summed E-state index contributed by atoms with van der Waals surface area (Å²) in [5.41, 5.74) is 0.657. The minimum Gasteiger partial charge on any atom is -0.369 e. The van der Waals surface area contributed by atoms with Gasteiger partial charge in [0.1, 0.15) is 6.61 Å². The maximum absolute atomic E-state index is 11.4. The molecule has 0 saturated carbocycles. The number of rotatable bonds is 6. The number of nitrogens with two attached hydrogens (primary N) is 1. The summed E-state index contributed by atoms with van der Waals surface area (Å²) in [6.45, 7) is 3.88. The number of hydrogen-bond acceptors (Lipinski definition) is 4. The van der Waals surface area contributed by atoms with E-state index in [1.807, 2.05) is 13.8 Å². The molecule has 0 aliphatic rings. The highest BCUT2D eigenvalue weighted by Gasteiger charge is 2.08. The molecule has 0 atom stereocenters.